The van der Waals surface area contributed by atoms with Crippen LogP contribution in [0, 0.1) is 0 Å². The van der Waals surface area contributed by atoms with Gasteiger partial charge in [0.05, 0.1) is 31.2 Å². The van der Waals surface area contributed by atoms with Crippen LogP contribution >= 0.6 is 0 Å². The van der Waals surface area contributed by atoms with E-state index in [4.69, 9.17) is 10.5 Å². The van der Waals surface area contributed by atoms with Crippen LogP contribution in [0.1, 0.15) is 21.6 Å². The molecule has 1 aromatic carbocycles. The Balaban J connectivity index is 2.11. The number of sulfonamides is 1. The van der Waals surface area contributed by atoms with Crippen LogP contribution < -0.4 is 10.5 Å². The van der Waals surface area contributed by atoms with Crippen LogP contribution in [0.4, 0.5) is 0 Å². The Labute approximate surface area is 133 Å². The quantitative estimate of drug-likeness (QED) is 0.841. The lowest BCUT2D eigenvalue weighted by Gasteiger charge is -2.13. The van der Waals surface area contributed by atoms with Crippen LogP contribution in [0.3, 0.4) is 0 Å². The van der Waals surface area contributed by atoms with E-state index in [-0.39, 0.29) is 18.7 Å². The average Bonchev–Trinajstić information content (AvgIpc) is 3.05. The molecule has 0 aliphatic carbocycles. The van der Waals surface area contributed by atoms with Crippen molar-refractivity contribution in [2.75, 3.05) is 13.4 Å². The summed E-state index contributed by atoms with van der Waals surface area (Å²) in [6, 6.07) is 5.01. The van der Waals surface area contributed by atoms with Gasteiger partial charge in [-0.1, -0.05) is 6.07 Å². The highest BCUT2D eigenvalue weighted by Crippen LogP contribution is 2.37. The third-order valence-electron chi connectivity index (χ3n) is 3.83. The van der Waals surface area contributed by atoms with Crippen molar-refractivity contribution in [3.05, 3.63) is 35.0 Å². The number of para-hydroxylation sites is 1. The summed E-state index contributed by atoms with van der Waals surface area (Å²) in [5.41, 5.74) is 8.28. The van der Waals surface area contributed by atoms with E-state index >= 15 is 0 Å². The predicted octanol–water partition coefficient (Wildman–Crippen LogP) is 0.459. The molecule has 9 heteroatoms. The largest absolute Gasteiger partial charge is 0.495 e. The summed E-state index contributed by atoms with van der Waals surface area (Å²) in [5.74, 6) is -0.277. The Morgan fingerprint density at radius 3 is 2.74 bits per heavy atom. The molecule has 0 bridgehead atoms. The van der Waals surface area contributed by atoms with Gasteiger partial charge in [0.25, 0.3) is 5.91 Å². The first kappa shape index (κ1) is 15.5. The second kappa shape index (κ2) is 5.36. The Hall–Kier alpha value is -2.39. The number of nitrogens with one attached hydrogen (secondary N) is 1. The predicted molar refractivity (Wildman–Crippen MR) is 83.2 cm³/mol. The molecule has 122 valence electrons. The number of fused-ring (bicyclic) bond motifs is 1. The molecule has 0 saturated heterocycles. The fourth-order valence-electron chi connectivity index (χ4n) is 2.71. The summed E-state index contributed by atoms with van der Waals surface area (Å²) < 4.78 is 30.1. The minimum atomic E-state index is -3.30. The van der Waals surface area contributed by atoms with Gasteiger partial charge in [0.15, 0.2) is 0 Å². The normalized spacial score (nSPS) is 14.7. The number of primary amides is 1. The lowest BCUT2D eigenvalue weighted by atomic mass is 10.0. The number of benzene rings is 1. The molecule has 1 aromatic heterocycles. The molecule has 3 N–H and O–H groups in total. The van der Waals surface area contributed by atoms with Gasteiger partial charge in [-0.15, -0.1) is 0 Å². The van der Waals surface area contributed by atoms with Gasteiger partial charge in [-0.3, -0.25) is 9.89 Å². The maximum Gasteiger partial charge on any atom is 0.252 e. The Morgan fingerprint density at radius 1 is 1.39 bits per heavy atom. The van der Waals surface area contributed by atoms with E-state index in [2.05, 4.69) is 10.2 Å². The van der Waals surface area contributed by atoms with Crippen molar-refractivity contribution in [3.63, 3.8) is 0 Å². The van der Waals surface area contributed by atoms with E-state index in [0.717, 1.165) is 11.3 Å². The van der Waals surface area contributed by atoms with Gasteiger partial charge < -0.3 is 10.5 Å². The van der Waals surface area contributed by atoms with Crippen molar-refractivity contribution < 1.29 is 17.9 Å². The molecule has 2 aromatic rings. The number of nitrogens with two attached hydrogens (primary N) is 1. The molecular formula is C14H16N4O4S. The molecule has 1 aliphatic heterocycles. The molecule has 0 atom stereocenters. The zero-order valence-electron chi connectivity index (χ0n) is 12.7. The van der Waals surface area contributed by atoms with Crippen molar-refractivity contribution in [2.45, 2.75) is 13.1 Å². The van der Waals surface area contributed by atoms with Gasteiger partial charge in [0, 0.05) is 17.7 Å². The monoisotopic (exact) mass is 336 g/mol. The molecule has 3 rings (SSSR count). The maximum absolute atomic E-state index is 11.7. The van der Waals surface area contributed by atoms with Crippen LogP contribution in [-0.2, 0) is 23.1 Å². The van der Waals surface area contributed by atoms with E-state index < -0.39 is 15.9 Å². The molecule has 0 unspecified atom stereocenters. The molecule has 1 amide bonds. The molecule has 0 spiro atoms. The third-order valence-corrected chi connectivity index (χ3v) is 5.03. The standard InChI is InChI=1S/C14H16N4O4S/c1-22-13-8(4-3-5-9(13)14(15)19)12-10-6-18(23(2,20)21)7-11(10)16-17-12/h3-5H,6-7H2,1-2H3,(H2,15,19)(H,16,17). The third kappa shape index (κ3) is 2.57. The number of aromatic nitrogens is 2. The van der Waals surface area contributed by atoms with Gasteiger partial charge in [-0.25, -0.2) is 8.42 Å². The minimum absolute atomic E-state index is 0.226. The number of methoxy groups -OCH3 is 1. The Morgan fingerprint density at radius 2 is 2.13 bits per heavy atom. The second-order valence-electron chi connectivity index (χ2n) is 5.31. The number of aromatic amines is 1. The number of nitrogens with zero attached hydrogens (tertiary/aromatic N) is 2. The lowest BCUT2D eigenvalue weighted by Crippen LogP contribution is -2.24. The topological polar surface area (TPSA) is 118 Å². The van der Waals surface area contributed by atoms with Crippen LogP contribution in [0.2, 0.25) is 0 Å². The van der Waals surface area contributed by atoms with Crippen molar-refractivity contribution in [1.82, 2.24) is 14.5 Å². The molecule has 23 heavy (non-hydrogen) atoms. The van der Waals surface area contributed by atoms with E-state index in [1.807, 2.05) is 0 Å². The maximum atomic E-state index is 11.7. The van der Waals surface area contributed by atoms with E-state index in [0.29, 0.717) is 17.0 Å². The summed E-state index contributed by atoms with van der Waals surface area (Å²) >= 11 is 0. The van der Waals surface area contributed by atoms with Crippen LogP contribution in [0.25, 0.3) is 11.3 Å². The molecule has 0 fully saturated rings. The number of carbonyl (C=O) groups excluding carboxylic acids is 1. The molecule has 0 saturated carbocycles. The summed E-state index contributed by atoms with van der Waals surface area (Å²) in [6.45, 7) is 0.475. The first-order valence-electron chi connectivity index (χ1n) is 6.81. The summed E-state index contributed by atoms with van der Waals surface area (Å²) in [6.07, 6.45) is 1.17. The zero-order valence-corrected chi connectivity index (χ0v) is 13.5. The zero-order chi connectivity index (χ0) is 16.8. The van der Waals surface area contributed by atoms with E-state index in [1.165, 1.54) is 17.7 Å². The highest BCUT2D eigenvalue weighted by atomic mass is 32.2. The van der Waals surface area contributed by atoms with Crippen molar-refractivity contribution >= 4 is 15.9 Å². The number of ether oxygens (including phenoxy) is 1. The van der Waals surface area contributed by atoms with Crippen molar-refractivity contribution in [2.24, 2.45) is 5.73 Å². The van der Waals surface area contributed by atoms with Crippen LogP contribution in [0.5, 0.6) is 5.75 Å². The number of carbonyl (C=O) groups is 1. The summed E-state index contributed by atoms with van der Waals surface area (Å²) in [5, 5.41) is 7.11. The van der Waals surface area contributed by atoms with Gasteiger partial charge in [-0.05, 0) is 12.1 Å². The number of amides is 1. The number of hydrogen-bond donors (Lipinski definition) is 2. The highest BCUT2D eigenvalue weighted by Gasteiger charge is 2.31. The SMILES string of the molecule is COc1c(C(N)=O)cccc1-c1n[nH]c2c1CN(S(C)(=O)=O)C2. The van der Waals surface area contributed by atoms with E-state index in [9.17, 15) is 13.2 Å². The van der Waals surface area contributed by atoms with Gasteiger partial charge in [-0.2, -0.15) is 9.40 Å². The molecule has 0 radical (unpaired) electrons. The molecule has 2 heterocycles. The first-order valence-corrected chi connectivity index (χ1v) is 8.66. The molecular weight excluding hydrogens is 320 g/mol. The summed E-state index contributed by atoms with van der Waals surface area (Å²) in [7, 11) is -1.85. The smallest absolute Gasteiger partial charge is 0.252 e. The fraction of sp³-hybridized carbons (Fsp3) is 0.286. The van der Waals surface area contributed by atoms with Gasteiger partial charge in [0.2, 0.25) is 10.0 Å². The number of H-pyrrole nitrogens is 1. The summed E-state index contributed by atoms with van der Waals surface area (Å²) in [4.78, 5) is 11.5. The molecule has 8 nitrogen and oxygen atoms in total. The van der Waals surface area contributed by atoms with Crippen molar-refractivity contribution in [1.29, 1.82) is 0 Å². The second-order valence-corrected chi connectivity index (χ2v) is 7.29. The fourth-order valence-corrected chi connectivity index (χ4v) is 3.43. The molecule has 1 aliphatic rings. The van der Waals surface area contributed by atoms with Gasteiger partial charge >= 0.3 is 0 Å². The van der Waals surface area contributed by atoms with Gasteiger partial charge in [0.1, 0.15) is 11.4 Å². The average molecular weight is 336 g/mol. The highest BCUT2D eigenvalue weighted by molar-refractivity contribution is 7.88. The van der Waals surface area contributed by atoms with Crippen molar-refractivity contribution in [3.8, 4) is 17.0 Å². The minimum Gasteiger partial charge on any atom is -0.495 e. The lowest BCUT2D eigenvalue weighted by molar-refractivity contribution is 0.0997. The first-order chi connectivity index (χ1) is 10.8. The Kier molecular flexibility index (Phi) is 3.61. The van der Waals surface area contributed by atoms with Crippen LogP contribution in [0.15, 0.2) is 18.2 Å². The number of hydrogen-bond acceptors (Lipinski definition) is 5. The Bertz CT molecular complexity index is 888. The number of rotatable bonds is 4. The van der Waals surface area contributed by atoms with E-state index in [1.54, 1.807) is 18.2 Å². The van der Waals surface area contributed by atoms with Crippen LogP contribution in [-0.4, -0.2) is 42.2 Å².